The summed E-state index contributed by atoms with van der Waals surface area (Å²) in [5, 5.41) is 0. The first-order valence-corrected chi connectivity index (χ1v) is 7.99. The van der Waals surface area contributed by atoms with E-state index < -0.39 is 0 Å². The van der Waals surface area contributed by atoms with Crippen molar-refractivity contribution in [1.29, 1.82) is 0 Å². The van der Waals surface area contributed by atoms with Gasteiger partial charge < -0.3 is 4.74 Å². The summed E-state index contributed by atoms with van der Waals surface area (Å²) in [6.07, 6.45) is 3.53. The van der Waals surface area contributed by atoms with Crippen LogP contribution < -0.4 is 0 Å². The number of Topliss-reactive ketones (excluding diaryl/α,β-unsaturated/α-hetero) is 1. The van der Waals surface area contributed by atoms with Gasteiger partial charge in [0.2, 0.25) is 0 Å². The standard InChI is InChI=1S/C20H22O2/c1-20(17-11-6-3-7-12-17)14-8-13-18(22-20)15-19(21)16-9-4-2-5-10-16/h2-7,9-12,18H,8,13-15H2,1H3/t18-,20+/m1/s1. The molecule has 0 bridgehead atoms. The van der Waals surface area contributed by atoms with Crippen LogP contribution in [0.1, 0.15) is 48.5 Å². The lowest BCUT2D eigenvalue weighted by molar-refractivity contribution is -0.121. The van der Waals surface area contributed by atoms with Crippen LogP contribution in [0.3, 0.4) is 0 Å². The van der Waals surface area contributed by atoms with Gasteiger partial charge in [0.05, 0.1) is 11.7 Å². The van der Waals surface area contributed by atoms with Crippen LogP contribution in [0.2, 0.25) is 0 Å². The number of ether oxygens (including phenoxy) is 1. The summed E-state index contributed by atoms with van der Waals surface area (Å²) in [6, 6.07) is 19.8. The molecule has 0 aromatic heterocycles. The summed E-state index contributed by atoms with van der Waals surface area (Å²) in [6.45, 7) is 2.14. The number of ketones is 1. The summed E-state index contributed by atoms with van der Waals surface area (Å²) in [4.78, 5) is 12.4. The molecular formula is C20H22O2. The van der Waals surface area contributed by atoms with Gasteiger partial charge in [-0.05, 0) is 31.7 Å². The molecule has 1 saturated heterocycles. The number of rotatable bonds is 4. The summed E-state index contributed by atoms with van der Waals surface area (Å²) >= 11 is 0. The molecular weight excluding hydrogens is 272 g/mol. The Balaban J connectivity index is 1.70. The van der Waals surface area contributed by atoms with Crippen LogP contribution >= 0.6 is 0 Å². The predicted molar refractivity (Wildman–Crippen MR) is 87.9 cm³/mol. The summed E-state index contributed by atoms with van der Waals surface area (Å²) < 4.78 is 6.33. The molecule has 0 spiro atoms. The maximum absolute atomic E-state index is 12.4. The van der Waals surface area contributed by atoms with E-state index >= 15 is 0 Å². The Labute approximate surface area is 132 Å². The van der Waals surface area contributed by atoms with Gasteiger partial charge in [-0.25, -0.2) is 0 Å². The van der Waals surface area contributed by atoms with Crippen LogP contribution in [-0.2, 0) is 10.3 Å². The minimum atomic E-state index is -0.277. The minimum absolute atomic E-state index is 0.00617. The summed E-state index contributed by atoms with van der Waals surface area (Å²) in [5.74, 6) is 0.169. The number of hydrogen-bond donors (Lipinski definition) is 0. The predicted octanol–water partition coefficient (Wildman–Crippen LogP) is 4.74. The highest BCUT2D eigenvalue weighted by Gasteiger charge is 2.35. The van der Waals surface area contributed by atoms with Crippen molar-refractivity contribution in [2.45, 2.75) is 44.3 Å². The third kappa shape index (κ3) is 3.28. The molecule has 1 aliphatic heterocycles. The van der Waals surface area contributed by atoms with Crippen molar-refractivity contribution in [3.63, 3.8) is 0 Å². The van der Waals surface area contributed by atoms with Crippen molar-refractivity contribution < 1.29 is 9.53 Å². The first-order chi connectivity index (χ1) is 10.7. The SMILES string of the molecule is C[C@@]1(c2ccccc2)CCC[C@H](CC(=O)c2ccccc2)O1. The highest BCUT2D eigenvalue weighted by Crippen LogP contribution is 2.38. The molecule has 114 valence electrons. The fourth-order valence-electron chi connectivity index (χ4n) is 3.25. The molecule has 1 heterocycles. The van der Waals surface area contributed by atoms with Crippen LogP contribution in [0.4, 0.5) is 0 Å². The van der Waals surface area contributed by atoms with E-state index in [1.54, 1.807) is 0 Å². The quantitative estimate of drug-likeness (QED) is 0.761. The zero-order valence-corrected chi connectivity index (χ0v) is 13.0. The zero-order valence-electron chi connectivity index (χ0n) is 13.0. The molecule has 2 aromatic rings. The maximum atomic E-state index is 12.4. The average molecular weight is 294 g/mol. The monoisotopic (exact) mass is 294 g/mol. The molecule has 0 amide bonds. The molecule has 2 aromatic carbocycles. The molecule has 2 atom stereocenters. The van der Waals surface area contributed by atoms with E-state index in [2.05, 4.69) is 19.1 Å². The Morgan fingerprint density at radius 2 is 1.73 bits per heavy atom. The number of carbonyl (C=O) groups is 1. The van der Waals surface area contributed by atoms with Crippen molar-refractivity contribution in [2.24, 2.45) is 0 Å². The Kier molecular flexibility index (Phi) is 4.39. The Morgan fingerprint density at radius 1 is 1.09 bits per heavy atom. The van der Waals surface area contributed by atoms with Crippen LogP contribution in [0.5, 0.6) is 0 Å². The number of benzene rings is 2. The lowest BCUT2D eigenvalue weighted by Crippen LogP contribution is -2.36. The van der Waals surface area contributed by atoms with E-state index in [1.165, 1.54) is 5.56 Å². The van der Waals surface area contributed by atoms with Crippen LogP contribution in [-0.4, -0.2) is 11.9 Å². The second-order valence-electron chi connectivity index (χ2n) is 6.22. The normalized spacial score (nSPS) is 24.9. The first kappa shape index (κ1) is 15.0. The smallest absolute Gasteiger partial charge is 0.165 e. The molecule has 2 heteroatoms. The van der Waals surface area contributed by atoms with Crippen molar-refractivity contribution in [3.8, 4) is 0 Å². The number of hydrogen-bond acceptors (Lipinski definition) is 2. The molecule has 1 aliphatic rings. The van der Waals surface area contributed by atoms with Crippen molar-refractivity contribution in [3.05, 3.63) is 71.8 Å². The maximum Gasteiger partial charge on any atom is 0.165 e. The Bertz CT molecular complexity index is 621. The molecule has 2 nitrogen and oxygen atoms in total. The highest BCUT2D eigenvalue weighted by atomic mass is 16.5. The molecule has 1 fully saturated rings. The molecule has 0 unspecified atom stereocenters. The van der Waals surface area contributed by atoms with E-state index in [-0.39, 0.29) is 17.5 Å². The summed E-state index contributed by atoms with van der Waals surface area (Å²) in [5.41, 5.74) is 1.70. The molecule has 0 aliphatic carbocycles. The topological polar surface area (TPSA) is 26.3 Å². The Morgan fingerprint density at radius 3 is 2.41 bits per heavy atom. The van der Waals surface area contributed by atoms with Gasteiger partial charge in [-0.2, -0.15) is 0 Å². The van der Waals surface area contributed by atoms with E-state index in [0.717, 1.165) is 24.8 Å². The number of carbonyl (C=O) groups excluding carboxylic acids is 1. The second kappa shape index (κ2) is 6.45. The molecule has 0 radical (unpaired) electrons. The van der Waals surface area contributed by atoms with E-state index in [0.29, 0.717) is 6.42 Å². The highest BCUT2D eigenvalue weighted by molar-refractivity contribution is 5.96. The van der Waals surface area contributed by atoms with E-state index in [1.807, 2.05) is 48.5 Å². The molecule has 0 N–H and O–H groups in total. The lowest BCUT2D eigenvalue weighted by atomic mass is 9.85. The fourth-order valence-corrected chi connectivity index (χ4v) is 3.25. The van der Waals surface area contributed by atoms with Crippen molar-refractivity contribution >= 4 is 5.78 Å². The van der Waals surface area contributed by atoms with Gasteiger partial charge in [0.1, 0.15) is 0 Å². The first-order valence-electron chi connectivity index (χ1n) is 7.99. The third-order valence-corrected chi connectivity index (χ3v) is 4.50. The van der Waals surface area contributed by atoms with E-state index in [9.17, 15) is 4.79 Å². The third-order valence-electron chi connectivity index (χ3n) is 4.50. The van der Waals surface area contributed by atoms with Gasteiger partial charge >= 0.3 is 0 Å². The Hall–Kier alpha value is -1.93. The van der Waals surface area contributed by atoms with Crippen LogP contribution in [0.15, 0.2) is 60.7 Å². The minimum Gasteiger partial charge on any atom is -0.367 e. The second-order valence-corrected chi connectivity index (χ2v) is 6.22. The fraction of sp³-hybridized carbons (Fsp3) is 0.350. The van der Waals surface area contributed by atoms with Crippen molar-refractivity contribution in [1.82, 2.24) is 0 Å². The van der Waals surface area contributed by atoms with E-state index in [4.69, 9.17) is 4.74 Å². The van der Waals surface area contributed by atoms with Crippen LogP contribution in [0, 0.1) is 0 Å². The molecule has 0 saturated carbocycles. The molecule has 3 rings (SSSR count). The van der Waals surface area contributed by atoms with Gasteiger partial charge in [0.15, 0.2) is 5.78 Å². The van der Waals surface area contributed by atoms with Crippen LogP contribution in [0.25, 0.3) is 0 Å². The van der Waals surface area contributed by atoms with Gasteiger partial charge in [0, 0.05) is 12.0 Å². The zero-order chi connectivity index (χ0) is 15.4. The average Bonchev–Trinajstić information content (AvgIpc) is 2.56. The van der Waals surface area contributed by atoms with Gasteiger partial charge in [-0.15, -0.1) is 0 Å². The summed E-state index contributed by atoms with van der Waals surface area (Å²) in [7, 11) is 0. The van der Waals surface area contributed by atoms with Crippen molar-refractivity contribution in [2.75, 3.05) is 0 Å². The van der Waals surface area contributed by atoms with Gasteiger partial charge in [-0.3, -0.25) is 4.79 Å². The van der Waals surface area contributed by atoms with Gasteiger partial charge in [-0.1, -0.05) is 60.7 Å². The lowest BCUT2D eigenvalue weighted by Gasteiger charge is -2.39. The largest absolute Gasteiger partial charge is 0.367 e. The van der Waals surface area contributed by atoms with Gasteiger partial charge in [0.25, 0.3) is 0 Å². The molecule has 22 heavy (non-hydrogen) atoms.